The van der Waals surface area contributed by atoms with Crippen LogP contribution >= 0.6 is 11.6 Å². The van der Waals surface area contributed by atoms with E-state index in [0.29, 0.717) is 21.8 Å². The number of carboxylic acid groups (broad SMARTS) is 1. The van der Waals surface area contributed by atoms with Crippen LogP contribution in [0, 0.1) is 5.41 Å². The molecule has 1 spiro atoms. The first-order valence-electron chi connectivity index (χ1n) is 7.58. The van der Waals surface area contributed by atoms with Crippen LogP contribution in [0.1, 0.15) is 48.9 Å². The first-order valence-corrected chi connectivity index (χ1v) is 7.96. The Bertz CT molecular complexity index is 558. The molecule has 114 valence electrons. The van der Waals surface area contributed by atoms with Crippen molar-refractivity contribution >= 4 is 28.9 Å². The molecule has 0 unspecified atom stereocenters. The lowest BCUT2D eigenvalue weighted by molar-refractivity contribution is 0.0697. The summed E-state index contributed by atoms with van der Waals surface area (Å²) in [4.78, 5) is 13.6. The summed E-state index contributed by atoms with van der Waals surface area (Å²) < 4.78 is 0. The number of carboxylic acids is 1. The van der Waals surface area contributed by atoms with Gasteiger partial charge in [-0.05, 0) is 43.2 Å². The second-order valence-corrected chi connectivity index (χ2v) is 6.81. The molecule has 4 nitrogen and oxygen atoms in total. The SMILES string of the molecule is Nc1cc(Cl)c(N2CCC3(CCCC3)CC2)c(C(=O)O)c1. The van der Waals surface area contributed by atoms with E-state index in [1.54, 1.807) is 6.07 Å². The van der Waals surface area contributed by atoms with E-state index in [-0.39, 0.29) is 5.56 Å². The van der Waals surface area contributed by atoms with Crippen LogP contribution in [0.15, 0.2) is 12.1 Å². The summed E-state index contributed by atoms with van der Waals surface area (Å²) >= 11 is 6.28. The quantitative estimate of drug-likeness (QED) is 0.816. The average Bonchev–Trinajstić information content (AvgIpc) is 2.88. The van der Waals surface area contributed by atoms with Crippen LogP contribution in [0.5, 0.6) is 0 Å². The largest absolute Gasteiger partial charge is 0.478 e. The molecule has 2 aliphatic rings. The number of rotatable bonds is 2. The van der Waals surface area contributed by atoms with E-state index in [4.69, 9.17) is 17.3 Å². The maximum Gasteiger partial charge on any atom is 0.337 e. The molecule has 1 heterocycles. The summed E-state index contributed by atoms with van der Waals surface area (Å²) in [5.41, 5.74) is 7.46. The smallest absolute Gasteiger partial charge is 0.337 e. The molecule has 0 atom stereocenters. The fourth-order valence-corrected chi connectivity index (χ4v) is 4.28. The monoisotopic (exact) mass is 308 g/mol. The van der Waals surface area contributed by atoms with Crippen molar-refractivity contribution in [1.29, 1.82) is 0 Å². The Hall–Kier alpha value is -1.42. The molecule has 1 aliphatic carbocycles. The van der Waals surface area contributed by atoms with Crippen molar-refractivity contribution in [3.8, 4) is 0 Å². The number of hydrogen-bond donors (Lipinski definition) is 2. The van der Waals surface area contributed by atoms with Crippen LogP contribution in [0.4, 0.5) is 11.4 Å². The van der Waals surface area contributed by atoms with Gasteiger partial charge in [0.2, 0.25) is 0 Å². The van der Waals surface area contributed by atoms with Gasteiger partial charge in [-0.25, -0.2) is 4.79 Å². The van der Waals surface area contributed by atoms with Gasteiger partial charge in [-0.15, -0.1) is 0 Å². The number of aromatic carboxylic acids is 1. The van der Waals surface area contributed by atoms with Gasteiger partial charge in [0.1, 0.15) is 0 Å². The van der Waals surface area contributed by atoms with Crippen molar-refractivity contribution in [3.05, 3.63) is 22.7 Å². The molecule has 0 aromatic heterocycles. The van der Waals surface area contributed by atoms with E-state index in [2.05, 4.69) is 4.90 Å². The number of carbonyl (C=O) groups is 1. The first kappa shape index (κ1) is 14.5. The minimum atomic E-state index is -0.972. The Morgan fingerprint density at radius 3 is 2.38 bits per heavy atom. The molecule has 2 fully saturated rings. The lowest BCUT2D eigenvalue weighted by atomic mass is 9.77. The molecule has 21 heavy (non-hydrogen) atoms. The van der Waals surface area contributed by atoms with E-state index in [1.165, 1.54) is 31.7 Å². The average molecular weight is 309 g/mol. The van der Waals surface area contributed by atoms with Gasteiger partial charge in [-0.1, -0.05) is 24.4 Å². The van der Waals surface area contributed by atoms with Gasteiger partial charge in [0, 0.05) is 18.8 Å². The predicted molar refractivity (Wildman–Crippen MR) is 85.2 cm³/mol. The Labute approximate surface area is 129 Å². The molecule has 5 heteroatoms. The zero-order valence-corrected chi connectivity index (χ0v) is 12.8. The summed E-state index contributed by atoms with van der Waals surface area (Å²) in [6.45, 7) is 1.76. The Balaban J connectivity index is 1.86. The molecule has 3 rings (SSSR count). The molecule has 1 aromatic rings. The van der Waals surface area contributed by atoms with Gasteiger partial charge in [-0.2, -0.15) is 0 Å². The van der Waals surface area contributed by atoms with Gasteiger partial charge < -0.3 is 15.7 Å². The molecular formula is C16H21ClN2O2. The summed E-state index contributed by atoms with van der Waals surface area (Å²) in [6.07, 6.45) is 7.58. The highest BCUT2D eigenvalue weighted by Crippen LogP contribution is 2.47. The third-order valence-corrected chi connectivity index (χ3v) is 5.41. The van der Waals surface area contributed by atoms with Gasteiger partial charge in [0.15, 0.2) is 0 Å². The Morgan fingerprint density at radius 1 is 1.19 bits per heavy atom. The van der Waals surface area contributed by atoms with E-state index >= 15 is 0 Å². The number of hydrogen-bond acceptors (Lipinski definition) is 3. The number of halogens is 1. The number of nitrogen functional groups attached to an aromatic ring is 1. The molecule has 3 N–H and O–H groups in total. The maximum atomic E-state index is 11.5. The Morgan fingerprint density at radius 2 is 1.81 bits per heavy atom. The molecule has 1 saturated carbocycles. The molecule has 0 amide bonds. The third-order valence-electron chi connectivity index (χ3n) is 5.12. The molecule has 1 aliphatic heterocycles. The minimum absolute atomic E-state index is 0.211. The summed E-state index contributed by atoms with van der Waals surface area (Å²) in [5.74, 6) is -0.972. The number of benzene rings is 1. The predicted octanol–water partition coefficient (Wildman–Crippen LogP) is 3.78. The van der Waals surface area contributed by atoms with Gasteiger partial charge in [-0.3, -0.25) is 0 Å². The van der Waals surface area contributed by atoms with Crippen molar-refractivity contribution in [2.24, 2.45) is 5.41 Å². The molecular weight excluding hydrogens is 288 g/mol. The summed E-state index contributed by atoms with van der Waals surface area (Å²) in [5, 5.41) is 9.85. The third kappa shape index (κ3) is 2.69. The highest BCUT2D eigenvalue weighted by Gasteiger charge is 2.37. The maximum absolute atomic E-state index is 11.5. The van der Waals surface area contributed by atoms with E-state index in [1.807, 2.05) is 0 Å². The highest BCUT2D eigenvalue weighted by molar-refractivity contribution is 6.34. The zero-order chi connectivity index (χ0) is 15.0. The molecule has 0 bridgehead atoms. The first-order chi connectivity index (χ1) is 10.0. The fraction of sp³-hybridized carbons (Fsp3) is 0.562. The van der Waals surface area contributed by atoms with Crippen LogP contribution in [-0.4, -0.2) is 24.2 Å². The van der Waals surface area contributed by atoms with Crippen LogP contribution in [0.3, 0.4) is 0 Å². The number of anilines is 2. The van der Waals surface area contributed by atoms with Gasteiger partial charge in [0.05, 0.1) is 16.3 Å². The van der Waals surface area contributed by atoms with Crippen molar-refractivity contribution < 1.29 is 9.90 Å². The minimum Gasteiger partial charge on any atom is -0.478 e. The van der Waals surface area contributed by atoms with Crippen LogP contribution in [0.2, 0.25) is 5.02 Å². The molecule has 0 radical (unpaired) electrons. The van der Waals surface area contributed by atoms with E-state index in [9.17, 15) is 9.90 Å². The topological polar surface area (TPSA) is 66.6 Å². The number of piperidine rings is 1. The van der Waals surface area contributed by atoms with Crippen LogP contribution in [-0.2, 0) is 0 Å². The van der Waals surface area contributed by atoms with Crippen molar-refractivity contribution in [1.82, 2.24) is 0 Å². The van der Waals surface area contributed by atoms with E-state index in [0.717, 1.165) is 25.9 Å². The van der Waals surface area contributed by atoms with Crippen molar-refractivity contribution in [2.75, 3.05) is 23.7 Å². The lowest BCUT2D eigenvalue weighted by Crippen LogP contribution is -2.39. The van der Waals surface area contributed by atoms with Crippen molar-refractivity contribution in [2.45, 2.75) is 38.5 Å². The zero-order valence-electron chi connectivity index (χ0n) is 12.1. The summed E-state index contributed by atoms with van der Waals surface area (Å²) in [6, 6.07) is 3.15. The van der Waals surface area contributed by atoms with Crippen molar-refractivity contribution in [3.63, 3.8) is 0 Å². The fourth-order valence-electron chi connectivity index (χ4n) is 3.93. The number of nitrogens with two attached hydrogens (primary N) is 1. The van der Waals surface area contributed by atoms with Gasteiger partial charge in [0.25, 0.3) is 0 Å². The molecule has 1 aromatic carbocycles. The second kappa shape index (κ2) is 5.41. The highest BCUT2D eigenvalue weighted by atomic mass is 35.5. The summed E-state index contributed by atoms with van der Waals surface area (Å²) in [7, 11) is 0. The number of nitrogens with zero attached hydrogens (tertiary/aromatic N) is 1. The normalized spacial score (nSPS) is 20.9. The van der Waals surface area contributed by atoms with E-state index < -0.39 is 5.97 Å². The molecule has 1 saturated heterocycles. The second-order valence-electron chi connectivity index (χ2n) is 6.40. The standard InChI is InChI=1S/C16H21ClN2O2/c17-13-10-11(18)9-12(15(20)21)14(13)19-7-5-16(6-8-19)3-1-2-4-16/h9-10H,1-8,18H2,(H,20,21). The van der Waals surface area contributed by atoms with Crippen LogP contribution in [0.25, 0.3) is 0 Å². The Kier molecular flexibility index (Phi) is 3.74. The van der Waals surface area contributed by atoms with Gasteiger partial charge >= 0.3 is 5.97 Å². The lowest BCUT2D eigenvalue weighted by Gasteiger charge is -2.41. The van der Waals surface area contributed by atoms with Crippen LogP contribution < -0.4 is 10.6 Å².